The number of halogens is 10. The molecule has 0 fully saturated rings. The zero-order valence-electron chi connectivity index (χ0n) is 15.3. The Kier molecular flexibility index (Phi) is 7.59. The van der Waals surface area contributed by atoms with Gasteiger partial charge in [0.15, 0.2) is 5.57 Å². The topological polar surface area (TPSA) is 53.3 Å². The quantitative estimate of drug-likeness (QED) is 0.237. The third-order valence-corrected chi connectivity index (χ3v) is 3.62. The maximum absolute atomic E-state index is 13.9. The van der Waals surface area contributed by atoms with Crippen LogP contribution in [0.15, 0.2) is 36.1 Å². The van der Waals surface area contributed by atoms with Crippen LogP contribution >= 0.6 is 0 Å². The number of nitriles is 1. The molecular weight excluding hydrogens is 454 g/mol. The maximum Gasteiger partial charge on any atom is 0.459 e. The minimum atomic E-state index is -6.74. The Morgan fingerprint density at radius 1 is 1.10 bits per heavy atom. The first-order chi connectivity index (χ1) is 14.0. The third kappa shape index (κ3) is 5.80. The van der Waals surface area contributed by atoms with Crippen molar-refractivity contribution < 1.29 is 53.4 Å². The lowest BCUT2D eigenvalue weighted by molar-refractivity contribution is -0.351. The Morgan fingerprint density at radius 2 is 1.68 bits per heavy atom. The van der Waals surface area contributed by atoms with Gasteiger partial charge in [0, 0.05) is 5.69 Å². The van der Waals surface area contributed by atoms with Gasteiger partial charge in [-0.3, -0.25) is 4.79 Å². The van der Waals surface area contributed by atoms with Crippen molar-refractivity contribution in [1.82, 2.24) is 0 Å². The van der Waals surface area contributed by atoms with E-state index in [0.717, 1.165) is 6.07 Å². The SMILES string of the molecule is CCO/C=C(/C#N)C(=O)N(CC(F)(F)C(F)(F)C(F)(F)F)c1cccc(C(F)(F)F)c1. The van der Waals surface area contributed by atoms with Crippen LogP contribution in [0.1, 0.15) is 12.5 Å². The van der Waals surface area contributed by atoms with E-state index < -0.39 is 58.4 Å². The van der Waals surface area contributed by atoms with E-state index >= 15 is 0 Å². The minimum absolute atomic E-state index is 0.0788. The Balaban J connectivity index is 3.60. The summed E-state index contributed by atoms with van der Waals surface area (Å²) in [4.78, 5) is 11.9. The van der Waals surface area contributed by atoms with Gasteiger partial charge in [-0.2, -0.15) is 49.2 Å². The summed E-state index contributed by atoms with van der Waals surface area (Å²) in [6.07, 6.45) is -11.4. The fraction of sp³-hybridized carbons (Fsp3) is 0.412. The van der Waals surface area contributed by atoms with Gasteiger partial charge in [-0.15, -0.1) is 0 Å². The fourth-order valence-electron chi connectivity index (χ4n) is 2.07. The molecule has 0 N–H and O–H groups in total. The minimum Gasteiger partial charge on any atom is -0.500 e. The van der Waals surface area contributed by atoms with E-state index in [2.05, 4.69) is 4.74 Å². The van der Waals surface area contributed by atoms with E-state index in [9.17, 15) is 48.7 Å². The van der Waals surface area contributed by atoms with Crippen LogP contribution in [-0.4, -0.2) is 37.1 Å². The van der Waals surface area contributed by atoms with Gasteiger partial charge in [0.25, 0.3) is 5.91 Å². The van der Waals surface area contributed by atoms with Crippen LogP contribution in [0, 0.1) is 11.3 Å². The smallest absolute Gasteiger partial charge is 0.459 e. The van der Waals surface area contributed by atoms with Crippen LogP contribution in [-0.2, 0) is 15.7 Å². The monoisotopic (exact) mass is 466 g/mol. The molecule has 172 valence electrons. The number of carbonyl (C=O) groups is 1. The van der Waals surface area contributed by atoms with Crippen molar-refractivity contribution in [2.24, 2.45) is 0 Å². The van der Waals surface area contributed by atoms with Crippen molar-refractivity contribution in [2.45, 2.75) is 31.1 Å². The van der Waals surface area contributed by atoms with Crippen molar-refractivity contribution in [2.75, 3.05) is 18.1 Å². The molecule has 0 saturated heterocycles. The molecule has 0 aromatic heterocycles. The van der Waals surface area contributed by atoms with Gasteiger partial charge < -0.3 is 9.64 Å². The number of ether oxygens (including phenoxy) is 1. The molecule has 0 saturated carbocycles. The maximum atomic E-state index is 13.9. The molecule has 1 aromatic carbocycles. The summed E-state index contributed by atoms with van der Waals surface area (Å²) in [6, 6.07) is 2.87. The van der Waals surface area contributed by atoms with Crippen LogP contribution in [0.25, 0.3) is 0 Å². The number of carbonyl (C=O) groups excluding carboxylic acids is 1. The van der Waals surface area contributed by atoms with Crippen molar-refractivity contribution >= 4 is 11.6 Å². The molecule has 0 radical (unpaired) electrons. The second-order valence-corrected chi connectivity index (χ2v) is 5.81. The largest absolute Gasteiger partial charge is 0.500 e. The molecule has 0 aliphatic heterocycles. The van der Waals surface area contributed by atoms with E-state index in [1.165, 1.54) is 6.92 Å². The van der Waals surface area contributed by atoms with Gasteiger partial charge in [0.05, 0.1) is 18.7 Å². The van der Waals surface area contributed by atoms with Crippen molar-refractivity contribution in [1.29, 1.82) is 5.26 Å². The van der Waals surface area contributed by atoms with Crippen LogP contribution in [0.3, 0.4) is 0 Å². The molecule has 0 bridgehead atoms. The lowest BCUT2D eigenvalue weighted by atomic mass is 10.1. The molecular formula is C17H12F10N2O2. The summed E-state index contributed by atoms with van der Waals surface area (Å²) in [7, 11) is 0. The summed E-state index contributed by atoms with van der Waals surface area (Å²) in [5.41, 5.74) is -3.75. The van der Waals surface area contributed by atoms with Crippen LogP contribution in [0.5, 0.6) is 0 Å². The number of alkyl halides is 10. The van der Waals surface area contributed by atoms with Gasteiger partial charge in [0.2, 0.25) is 0 Å². The average molecular weight is 466 g/mol. The number of amides is 1. The number of hydrogen-bond acceptors (Lipinski definition) is 3. The Labute approximate surface area is 168 Å². The number of benzene rings is 1. The average Bonchev–Trinajstić information content (AvgIpc) is 2.65. The normalized spacial score (nSPS) is 13.5. The first-order valence-electron chi connectivity index (χ1n) is 8.03. The molecule has 0 aliphatic carbocycles. The van der Waals surface area contributed by atoms with Crippen molar-refractivity contribution in [3.63, 3.8) is 0 Å². The summed E-state index contributed by atoms with van der Waals surface area (Å²) in [5.74, 6) is -14.5. The Bertz CT molecular complexity index is 869. The molecule has 4 nitrogen and oxygen atoms in total. The third-order valence-electron chi connectivity index (χ3n) is 3.62. The van der Waals surface area contributed by atoms with E-state index in [-0.39, 0.29) is 12.7 Å². The lowest BCUT2D eigenvalue weighted by Gasteiger charge is -2.33. The number of nitrogens with zero attached hydrogens (tertiary/aromatic N) is 2. The predicted octanol–water partition coefficient (Wildman–Crippen LogP) is 5.32. The zero-order valence-corrected chi connectivity index (χ0v) is 15.3. The summed E-state index contributed by atoms with van der Waals surface area (Å²) >= 11 is 0. The van der Waals surface area contributed by atoms with Crippen molar-refractivity contribution in [3.8, 4) is 6.07 Å². The van der Waals surface area contributed by atoms with Crippen molar-refractivity contribution in [3.05, 3.63) is 41.7 Å². The fourth-order valence-corrected chi connectivity index (χ4v) is 2.07. The van der Waals surface area contributed by atoms with Crippen LogP contribution in [0.4, 0.5) is 49.6 Å². The predicted molar refractivity (Wildman–Crippen MR) is 85.1 cm³/mol. The van der Waals surface area contributed by atoms with Gasteiger partial charge in [0.1, 0.15) is 12.3 Å². The van der Waals surface area contributed by atoms with E-state index in [1.54, 1.807) is 0 Å². The van der Waals surface area contributed by atoms with Gasteiger partial charge >= 0.3 is 24.2 Å². The van der Waals surface area contributed by atoms with Gasteiger partial charge in [-0.1, -0.05) is 6.07 Å². The molecule has 14 heteroatoms. The first-order valence-corrected chi connectivity index (χ1v) is 8.03. The highest BCUT2D eigenvalue weighted by molar-refractivity contribution is 6.08. The molecule has 1 aromatic rings. The highest BCUT2D eigenvalue weighted by Crippen LogP contribution is 2.47. The standard InChI is InChI=1S/C17H12F10N2O2/c1-2-31-8-10(7-28)13(30)29(9-14(18,19)16(23,24)17(25,26)27)12-5-3-4-11(6-12)15(20,21)22/h3-6,8H,2,9H2,1H3/b10-8-. The highest BCUT2D eigenvalue weighted by atomic mass is 19.4. The summed E-state index contributed by atoms with van der Waals surface area (Å²) < 4.78 is 135. The molecule has 0 spiro atoms. The van der Waals surface area contributed by atoms with E-state index in [0.29, 0.717) is 24.5 Å². The van der Waals surface area contributed by atoms with Gasteiger partial charge in [-0.05, 0) is 25.1 Å². The molecule has 0 unspecified atom stereocenters. The molecule has 0 aliphatic rings. The van der Waals surface area contributed by atoms with E-state index in [4.69, 9.17) is 5.26 Å². The summed E-state index contributed by atoms with van der Waals surface area (Å²) in [5, 5.41) is 8.95. The molecule has 31 heavy (non-hydrogen) atoms. The Morgan fingerprint density at radius 3 is 2.13 bits per heavy atom. The molecule has 1 rings (SSSR count). The molecule has 0 heterocycles. The molecule has 1 amide bonds. The second-order valence-electron chi connectivity index (χ2n) is 5.81. The molecule has 0 atom stereocenters. The zero-order chi connectivity index (χ0) is 24.3. The second kappa shape index (κ2) is 9.03. The highest BCUT2D eigenvalue weighted by Gasteiger charge is 2.73. The number of rotatable bonds is 7. The van der Waals surface area contributed by atoms with Gasteiger partial charge in [-0.25, -0.2) is 0 Å². The summed E-state index contributed by atoms with van der Waals surface area (Å²) in [6.45, 7) is -1.49. The number of anilines is 1. The van der Waals surface area contributed by atoms with Crippen LogP contribution < -0.4 is 4.90 Å². The van der Waals surface area contributed by atoms with E-state index in [1.807, 2.05) is 0 Å². The number of hydrogen-bond donors (Lipinski definition) is 0. The van der Waals surface area contributed by atoms with Crippen LogP contribution in [0.2, 0.25) is 0 Å². The first kappa shape index (κ1) is 26.1. The Hall–Kier alpha value is -2.98. The lowest BCUT2D eigenvalue weighted by Crippen LogP contribution is -2.58.